The second kappa shape index (κ2) is 4.87. The summed E-state index contributed by atoms with van der Waals surface area (Å²) in [6.07, 6.45) is 0. The van der Waals surface area contributed by atoms with Gasteiger partial charge in [0.15, 0.2) is 0 Å². The molecule has 0 aliphatic heterocycles. The summed E-state index contributed by atoms with van der Waals surface area (Å²) in [5.41, 5.74) is 5.51. The van der Waals surface area contributed by atoms with Gasteiger partial charge in [0.1, 0.15) is 21.8 Å². The van der Waals surface area contributed by atoms with E-state index in [1.165, 1.54) is 6.07 Å². The van der Waals surface area contributed by atoms with Crippen LogP contribution in [0.3, 0.4) is 0 Å². The van der Waals surface area contributed by atoms with E-state index in [1.807, 2.05) is 6.07 Å². The summed E-state index contributed by atoms with van der Waals surface area (Å²) in [5.74, 6) is -0.620. The Hall–Kier alpha value is -2.11. The molecule has 1 aromatic carbocycles. The number of nitrogens with one attached hydrogen (secondary N) is 1. The summed E-state index contributed by atoms with van der Waals surface area (Å²) in [6.45, 7) is 0. The van der Waals surface area contributed by atoms with Gasteiger partial charge in [-0.3, -0.25) is 4.72 Å². The molecule has 3 N–H and O–H groups in total. The SMILES string of the molecule is N#Cc1ccsc1NS(=O)(=O)c1ccc(F)cc1N. The highest BCUT2D eigenvalue weighted by molar-refractivity contribution is 7.93. The maximum atomic E-state index is 12.9. The highest BCUT2D eigenvalue weighted by atomic mass is 32.2. The van der Waals surface area contributed by atoms with Crippen LogP contribution in [-0.4, -0.2) is 8.42 Å². The Morgan fingerprint density at radius 2 is 2.11 bits per heavy atom. The number of rotatable bonds is 3. The Morgan fingerprint density at radius 1 is 1.37 bits per heavy atom. The third-order valence-electron chi connectivity index (χ3n) is 2.27. The van der Waals surface area contributed by atoms with E-state index in [0.29, 0.717) is 0 Å². The van der Waals surface area contributed by atoms with Crippen LogP contribution in [-0.2, 0) is 10.0 Å². The van der Waals surface area contributed by atoms with Gasteiger partial charge in [0.2, 0.25) is 0 Å². The van der Waals surface area contributed by atoms with E-state index in [1.54, 1.807) is 5.38 Å². The predicted octanol–water partition coefficient (Wildman–Crippen LogP) is 2.14. The number of nitrogens with two attached hydrogens (primary N) is 1. The zero-order chi connectivity index (χ0) is 14.0. The molecule has 0 bridgehead atoms. The Labute approximate surface area is 113 Å². The molecule has 0 spiro atoms. The Bertz CT molecular complexity index is 762. The summed E-state index contributed by atoms with van der Waals surface area (Å²) in [7, 11) is -3.95. The Kier molecular flexibility index (Phi) is 3.42. The van der Waals surface area contributed by atoms with Crippen molar-refractivity contribution in [3.8, 4) is 6.07 Å². The van der Waals surface area contributed by atoms with Crippen LogP contribution < -0.4 is 10.5 Å². The molecule has 0 radical (unpaired) electrons. The predicted molar refractivity (Wildman–Crippen MR) is 70.7 cm³/mol. The van der Waals surface area contributed by atoms with Gasteiger partial charge in [-0.25, -0.2) is 12.8 Å². The van der Waals surface area contributed by atoms with Crippen LogP contribution in [0.15, 0.2) is 34.5 Å². The first-order valence-corrected chi connectivity index (χ1v) is 7.36. The van der Waals surface area contributed by atoms with E-state index in [2.05, 4.69) is 4.72 Å². The molecule has 0 saturated heterocycles. The molecule has 2 aromatic rings. The first-order valence-electron chi connectivity index (χ1n) is 4.99. The van der Waals surface area contributed by atoms with Gasteiger partial charge in [-0.1, -0.05) is 0 Å². The zero-order valence-electron chi connectivity index (χ0n) is 9.42. The average Bonchev–Trinajstić information content (AvgIpc) is 2.74. The topological polar surface area (TPSA) is 96.0 Å². The van der Waals surface area contributed by atoms with Gasteiger partial charge >= 0.3 is 0 Å². The van der Waals surface area contributed by atoms with Gasteiger partial charge in [0.25, 0.3) is 10.0 Å². The minimum Gasteiger partial charge on any atom is -0.398 e. The Morgan fingerprint density at radius 3 is 2.74 bits per heavy atom. The summed E-state index contributed by atoms with van der Waals surface area (Å²) >= 11 is 1.08. The van der Waals surface area contributed by atoms with Gasteiger partial charge in [-0.15, -0.1) is 11.3 Å². The number of nitrogen functional groups attached to an aromatic ring is 1. The van der Waals surface area contributed by atoms with Crippen LogP contribution in [0, 0.1) is 17.1 Å². The van der Waals surface area contributed by atoms with Gasteiger partial charge in [-0.05, 0) is 29.6 Å². The van der Waals surface area contributed by atoms with Crippen molar-refractivity contribution in [2.75, 3.05) is 10.5 Å². The molecule has 0 atom stereocenters. The van der Waals surface area contributed by atoms with Crippen LogP contribution in [0.5, 0.6) is 0 Å². The molecule has 0 unspecified atom stereocenters. The third-order valence-corrected chi connectivity index (χ3v) is 4.66. The van der Waals surface area contributed by atoms with Crippen molar-refractivity contribution in [2.45, 2.75) is 4.90 Å². The normalized spacial score (nSPS) is 10.9. The molecule has 0 aliphatic carbocycles. The fourth-order valence-electron chi connectivity index (χ4n) is 1.42. The monoisotopic (exact) mass is 297 g/mol. The molecule has 2 rings (SSSR count). The summed E-state index contributed by atoms with van der Waals surface area (Å²) < 4.78 is 39.3. The first kappa shape index (κ1) is 13.3. The molecule has 19 heavy (non-hydrogen) atoms. The van der Waals surface area contributed by atoms with Gasteiger partial charge < -0.3 is 5.73 Å². The lowest BCUT2D eigenvalue weighted by atomic mass is 10.3. The zero-order valence-corrected chi connectivity index (χ0v) is 11.1. The maximum absolute atomic E-state index is 12.9. The number of hydrogen-bond acceptors (Lipinski definition) is 5. The van der Waals surface area contributed by atoms with E-state index in [0.717, 1.165) is 29.5 Å². The second-order valence-corrected chi connectivity index (χ2v) is 6.13. The van der Waals surface area contributed by atoms with Crippen molar-refractivity contribution in [3.05, 3.63) is 41.0 Å². The maximum Gasteiger partial charge on any atom is 0.264 e. The van der Waals surface area contributed by atoms with E-state index in [-0.39, 0.29) is 21.1 Å². The number of anilines is 2. The molecule has 0 saturated carbocycles. The summed E-state index contributed by atoms with van der Waals surface area (Å²) in [5, 5.41) is 10.6. The number of benzene rings is 1. The number of sulfonamides is 1. The molecule has 98 valence electrons. The van der Waals surface area contributed by atoms with Crippen LogP contribution in [0.2, 0.25) is 0 Å². The van der Waals surface area contributed by atoms with E-state index in [9.17, 15) is 12.8 Å². The fraction of sp³-hybridized carbons (Fsp3) is 0. The van der Waals surface area contributed by atoms with E-state index in [4.69, 9.17) is 11.0 Å². The number of thiophene rings is 1. The van der Waals surface area contributed by atoms with Gasteiger partial charge in [-0.2, -0.15) is 5.26 Å². The number of nitrogens with zero attached hydrogens (tertiary/aromatic N) is 1. The first-order chi connectivity index (χ1) is 8.94. The van der Waals surface area contributed by atoms with Gasteiger partial charge in [0, 0.05) is 0 Å². The number of hydrogen-bond donors (Lipinski definition) is 2. The van der Waals surface area contributed by atoms with E-state index >= 15 is 0 Å². The lowest BCUT2D eigenvalue weighted by molar-refractivity contribution is 0.600. The van der Waals surface area contributed by atoms with Crippen molar-refractivity contribution < 1.29 is 12.8 Å². The largest absolute Gasteiger partial charge is 0.398 e. The highest BCUT2D eigenvalue weighted by Crippen LogP contribution is 2.27. The lowest BCUT2D eigenvalue weighted by Crippen LogP contribution is -2.14. The van der Waals surface area contributed by atoms with Crippen LogP contribution in [0.4, 0.5) is 15.1 Å². The third kappa shape index (κ3) is 2.67. The smallest absolute Gasteiger partial charge is 0.264 e. The van der Waals surface area contributed by atoms with Crippen LogP contribution in [0.25, 0.3) is 0 Å². The number of nitriles is 1. The molecule has 1 heterocycles. The van der Waals surface area contributed by atoms with Crippen molar-refractivity contribution in [1.29, 1.82) is 5.26 Å². The van der Waals surface area contributed by atoms with Crippen molar-refractivity contribution in [2.24, 2.45) is 0 Å². The van der Waals surface area contributed by atoms with E-state index < -0.39 is 15.8 Å². The molecule has 0 aliphatic rings. The molecule has 5 nitrogen and oxygen atoms in total. The molecular formula is C11H8FN3O2S2. The highest BCUT2D eigenvalue weighted by Gasteiger charge is 2.20. The standard InChI is InChI=1S/C11H8FN3O2S2/c12-8-1-2-10(9(14)5-8)19(16,17)15-11-7(6-13)3-4-18-11/h1-5,15H,14H2. The molecule has 0 amide bonds. The van der Waals surface area contributed by atoms with Crippen molar-refractivity contribution >= 4 is 32.0 Å². The minimum absolute atomic E-state index is 0.192. The molecule has 8 heteroatoms. The summed E-state index contributed by atoms with van der Waals surface area (Å²) in [6, 6.07) is 6.37. The summed E-state index contributed by atoms with van der Waals surface area (Å²) in [4.78, 5) is -0.230. The lowest BCUT2D eigenvalue weighted by Gasteiger charge is -2.08. The van der Waals surface area contributed by atoms with Crippen LogP contribution >= 0.6 is 11.3 Å². The quantitative estimate of drug-likeness (QED) is 0.848. The average molecular weight is 297 g/mol. The van der Waals surface area contributed by atoms with Gasteiger partial charge in [0.05, 0.1) is 11.3 Å². The molecular weight excluding hydrogens is 289 g/mol. The number of halogens is 1. The molecule has 1 aromatic heterocycles. The Balaban J connectivity index is 2.41. The minimum atomic E-state index is -3.95. The van der Waals surface area contributed by atoms with Crippen molar-refractivity contribution in [3.63, 3.8) is 0 Å². The fourth-order valence-corrected chi connectivity index (χ4v) is 3.60. The van der Waals surface area contributed by atoms with Crippen molar-refractivity contribution in [1.82, 2.24) is 0 Å². The second-order valence-electron chi connectivity index (χ2n) is 3.56. The van der Waals surface area contributed by atoms with Crippen LogP contribution in [0.1, 0.15) is 5.56 Å². The molecule has 0 fully saturated rings.